The van der Waals surface area contributed by atoms with E-state index >= 15 is 0 Å². The number of rotatable bonds is 9. The summed E-state index contributed by atoms with van der Waals surface area (Å²) < 4.78 is 0. The van der Waals surface area contributed by atoms with Crippen molar-refractivity contribution in [1.82, 2.24) is 0 Å². The highest BCUT2D eigenvalue weighted by Crippen LogP contribution is 2.52. The predicted octanol–water partition coefficient (Wildman–Crippen LogP) is 5.45. The average molecular weight is 313 g/mol. The number of hydrogen-bond acceptors (Lipinski definition) is 3. The van der Waals surface area contributed by atoms with Crippen LogP contribution < -0.4 is 0 Å². The van der Waals surface area contributed by atoms with Crippen LogP contribution in [0.5, 0.6) is 0 Å². The molecule has 3 heteroatoms. The number of allylic oxidation sites excluding steroid dienone is 2. The molecule has 0 aromatic heterocycles. The molecule has 2 aliphatic rings. The molecule has 2 atom stereocenters. The molecule has 114 valence electrons. The topological polar surface area (TPSA) is 17.1 Å². The van der Waals surface area contributed by atoms with Crippen LogP contribution in [0.1, 0.15) is 65.2 Å². The van der Waals surface area contributed by atoms with Gasteiger partial charge in [0.15, 0.2) is 5.78 Å². The minimum absolute atomic E-state index is 0.292. The van der Waals surface area contributed by atoms with Crippen LogP contribution in [0.4, 0.5) is 0 Å². The molecule has 20 heavy (non-hydrogen) atoms. The second-order valence-electron chi connectivity index (χ2n) is 6.43. The maximum atomic E-state index is 12.3. The first kappa shape index (κ1) is 16.5. The van der Waals surface area contributed by atoms with E-state index in [0.29, 0.717) is 16.4 Å². The Morgan fingerprint density at radius 1 is 1.25 bits per heavy atom. The summed E-state index contributed by atoms with van der Waals surface area (Å²) >= 11 is 3.89. The molecule has 1 fully saturated rings. The van der Waals surface area contributed by atoms with E-state index in [0.717, 1.165) is 17.7 Å². The number of thioether (sulfide) groups is 2. The summed E-state index contributed by atoms with van der Waals surface area (Å²) in [6, 6.07) is 0. The zero-order valence-corrected chi connectivity index (χ0v) is 14.6. The van der Waals surface area contributed by atoms with E-state index in [1.807, 2.05) is 23.5 Å². The summed E-state index contributed by atoms with van der Waals surface area (Å²) in [6.07, 6.45) is 12.0. The zero-order chi connectivity index (χ0) is 14.4. The third kappa shape index (κ3) is 4.30. The third-order valence-electron chi connectivity index (χ3n) is 4.43. The van der Waals surface area contributed by atoms with Crippen molar-refractivity contribution in [3.63, 3.8) is 0 Å². The van der Waals surface area contributed by atoms with Crippen LogP contribution in [0.15, 0.2) is 11.0 Å². The fourth-order valence-electron chi connectivity index (χ4n) is 2.97. The fraction of sp³-hybridized carbons (Fsp3) is 0.824. The predicted molar refractivity (Wildman–Crippen MR) is 92.5 cm³/mol. The van der Waals surface area contributed by atoms with Crippen LogP contribution in [0.25, 0.3) is 0 Å². The van der Waals surface area contributed by atoms with Crippen LogP contribution >= 0.6 is 23.5 Å². The summed E-state index contributed by atoms with van der Waals surface area (Å²) in [5.41, 5.74) is 0.292. The van der Waals surface area contributed by atoms with Crippen molar-refractivity contribution < 1.29 is 4.79 Å². The van der Waals surface area contributed by atoms with Crippen molar-refractivity contribution in [3.05, 3.63) is 11.0 Å². The van der Waals surface area contributed by atoms with Gasteiger partial charge in [-0.3, -0.25) is 4.79 Å². The number of unbranched alkanes of at least 4 members (excludes halogenated alkanes) is 6. The van der Waals surface area contributed by atoms with Gasteiger partial charge >= 0.3 is 0 Å². The minimum Gasteiger partial charge on any atom is -0.294 e. The molecule has 0 amide bonds. The van der Waals surface area contributed by atoms with Crippen molar-refractivity contribution in [1.29, 1.82) is 0 Å². The number of fused-ring (bicyclic) bond motifs is 1. The highest BCUT2D eigenvalue weighted by atomic mass is 32.2. The molecule has 0 saturated carbocycles. The Kier molecular flexibility index (Phi) is 6.54. The third-order valence-corrected chi connectivity index (χ3v) is 7.63. The van der Waals surface area contributed by atoms with Gasteiger partial charge in [-0.1, -0.05) is 58.4 Å². The Balaban J connectivity index is 1.62. The molecule has 1 saturated heterocycles. The van der Waals surface area contributed by atoms with E-state index in [-0.39, 0.29) is 0 Å². The minimum atomic E-state index is 0.292. The normalized spacial score (nSPS) is 28.5. The largest absolute Gasteiger partial charge is 0.294 e. The smallest absolute Gasteiger partial charge is 0.168 e. The van der Waals surface area contributed by atoms with Crippen molar-refractivity contribution in [3.8, 4) is 0 Å². The van der Waals surface area contributed by atoms with Gasteiger partial charge in [-0.2, -0.15) is 11.8 Å². The maximum absolute atomic E-state index is 12.3. The van der Waals surface area contributed by atoms with Crippen LogP contribution in [-0.2, 0) is 4.79 Å². The van der Waals surface area contributed by atoms with E-state index in [2.05, 4.69) is 19.9 Å². The van der Waals surface area contributed by atoms with E-state index in [1.165, 1.54) is 50.0 Å². The second kappa shape index (κ2) is 7.93. The van der Waals surface area contributed by atoms with E-state index in [4.69, 9.17) is 0 Å². The molecular weight excluding hydrogens is 284 g/mol. The Morgan fingerprint density at radius 3 is 2.65 bits per heavy atom. The van der Waals surface area contributed by atoms with Gasteiger partial charge in [-0.15, -0.1) is 11.8 Å². The Morgan fingerprint density at radius 2 is 1.95 bits per heavy atom. The Bertz CT molecular complexity index is 364. The van der Waals surface area contributed by atoms with Crippen LogP contribution in [0.2, 0.25) is 0 Å². The maximum Gasteiger partial charge on any atom is 0.168 e. The summed E-state index contributed by atoms with van der Waals surface area (Å²) in [7, 11) is 0. The number of ketones is 1. The Labute approximate surface area is 132 Å². The van der Waals surface area contributed by atoms with Crippen molar-refractivity contribution in [2.24, 2.45) is 5.41 Å². The summed E-state index contributed by atoms with van der Waals surface area (Å²) in [4.78, 5) is 13.3. The first-order chi connectivity index (χ1) is 9.65. The molecule has 2 rings (SSSR count). The van der Waals surface area contributed by atoms with Crippen molar-refractivity contribution >= 4 is 29.3 Å². The molecule has 0 aromatic carbocycles. The quantitative estimate of drug-likeness (QED) is 0.527. The number of carbonyl (C=O) groups is 1. The van der Waals surface area contributed by atoms with Gasteiger partial charge in [0.05, 0.1) is 0 Å². The lowest BCUT2D eigenvalue weighted by Gasteiger charge is -2.18. The van der Waals surface area contributed by atoms with E-state index in [9.17, 15) is 4.79 Å². The lowest BCUT2D eigenvalue weighted by Crippen LogP contribution is -2.21. The zero-order valence-electron chi connectivity index (χ0n) is 13.0. The van der Waals surface area contributed by atoms with Gasteiger partial charge in [0, 0.05) is 33.5 Å². The van der Waals surface area contributed by atoms with Gasteiger partial charge in [0.2, 0.25) is 0 Å². The molecule has 2 aliphatic heterocycles. The van der Waals surface area contributed by atoms with Gasteiger partial charge in [-0.25, -0.2) is 0 Å². The lowest BCUT2D eigenvalue weighted by atomic mass is 9.89. The molecule has 1 nitrogen and oxygen atoms in total. The highest BCUT2D eigenvalue weighted by molar-refractivity contribution is 8.07. The average Bonchev–Trinajstić information content (AvgIpc) is 2.92. The van der Waals surface area contributed by atoms with Gasteiger partial charge in [-0.05, 0) is 6.42 Å². The van der Waals surface area contributed by atoms with E-state index < -0.39 is 0 Å². The molecular formula is C17H28OS2. The molecule has 2 heterocycles. The SMILES string of the molecule is CCCCCCCCCC(=O)C1=CC2(C)CSCC2S1. The molecule has 0 N–H and O–H groups in total. The van der Waals surface area contributed by atoms with Crippen molar-refractivity contribution in [2.45, 2.75) is 70.5 Å². The number of hydrogen-bond donors (Lipinski definition) is 0. The fourth-order valence-corrected chi connectivity index (χ4v) is 6.37. The van der Waals surface area contributed by atoms with Gasteiger partial charge in [0.25, 0.3) is 0 Å². The van der Waals surface area contributed by atoms with Crippen LogP contribution in [0, 0.1) is 5.41 Å². The number of carbonyl (C=O) groups excluding carboxylic acids is 1. The first-order valence-electron chi connectivity index (χ1n) is 8.16. The van der Waals surface area contributed by atoms with Gasteiger partial charge in [0.1, 0.15) is 0 Å². The molecule has 2 unspecified atom stereocenters. The molecule has 0 aromatic rings. The summed E-state index contributed by atoms with van der Waals surface area (Å²) in [6.45, 7) is 4.57. The Hall–Kier alpha value is 0.110. The highest BCUT2D eigenvalue weighted by Gasteiger charge is 2.44. The second-order valence-corrected chi connectivity index (χ2v) is 8.71. The van der Waals surface area contributed by atoms with Crippen LogP contribution in [0.3, 0.4) is 0 Å². The van der Waals surface area contributed by atoms with E-state index in [1.54, 1.807) is 0 Å². The standard InChI is InChI=1S/C17H28OS2/c1-3-4-5-6-7-8-9-10-14(18)15-11-17(2)13-19-12-16(17)20-15/h11,16H,3-10,12-13H2,1-2H3. The molecule has 0 aliphatic carbocycles. The summed E-state index contributed by atoms with van der Waals surface area (Å²) in [5.74, 6) is 2.81. The van der Waals surface area contributed by atoms with Gasteiger partial charge < -0.3 is 0 Å². The molecule has 0 bridgehead atoms. The van der Waals surface area contributed by atoms with Crippen LogP contribution in [-0.4, -0.2) is 22.5 Å². The monoisotopic (exact) mass is 312 g/mol. The summed E-state index contributed by atoms with van der Waals surface area (Å²) in [5, 5.41) is 0.653. The molecule has 0 spiro atoms. The molecule has 0 radical (unpaired) electrons. The lowest BCUT2D eigenvalue weighted by molar-refractivity contribution is -0.115. The number of Topliss-reactive ketones (excluding diaryl/α,β-unsaturated/α-hetero) is 1. The first-order valence-corrected chi connectivity index (χ1v) is 10.2. The van der Waals surface area contributed by atoms with Crippen molar-refractivity contribution in [2.75, 3.05) is 11.5 Å².